The summed E-state index contributed by atoms with van der Waals surface area (Å²) < 4.78 is 5.45. The first kappa shape index (κ1) is 10.1. The molecule has 1 aromatic rings. The molecule has 1 saturated heterocycles. The summed E-state index contributed by atoms with van der Waals surface area (Å²) in [5.74, 6) is -0.0556. The maximum absolute atomic E-state index is 10.9. The summed E-state index contributed by atoms with van der Waals surface area (Å²) in [6.45, 7) is 0.226. The minimum Gasteiger partial charge on any atom is -0.387 e. The minimum atomic E-state index is -0.540. The molecule has 0 aromatic carbocycles. The molecule has 0 radical (unpaired) electrons. The Labute approximate surface area is 86.6 Å². The Morgan fingerprint density at radius 1 is 1.80 bits per heavy atom. The molecule has 0 bridgehead atoms. The Balaban J connectivity index is 2.00. The van der Waals surface area contributed by atoms with Gasteiger partial charge in [0.15, 0.2) is 5.82 Å². The molecule has 0 saturated carbocycles. The van der Waals surface area contributed by atoms with Crippen LogP contribution in [0.2, 0.25) is 0 Å². The fraction of sp³-hybridized carbons (Fsp3) is 0.556. The van der Waals surface area contributed by atoms with Crippen LogP contribution in [0.5, 0.6) is 0 Å². The summed E-state index contributed by atoms with van der Waals surface area (Å²) in [7, 11) is 0. The standard InChI is InChI=1S/C9H13N3O3/c13-5-9(14)10-8-4-6(11-12-8)7-2-1-3-15-7/h4,7,13H,1-3,5H2,(H2,10,11,12,14). The van der Waals surface area contributed by atoms with E-state index in [-0.39, 0.29) is 6.10 Å². The number of nitrogens with zero attached hydrogens (tertiary/aromatic N) is 1. The molecule has 0 spiro atoms. The number of aromatic nitrogens is 2. The summed E-state index contributed by atoms with van der Waals surface area (Å²) in [6.07, 6.45) is 2.06. The Hall–Kier alpha value is -1.40. The summed E-state index contributed by atoms with van der Waals surface area (Å²) in [4.78, 5) is 10.9. The smallest absolute Gasteiger partial charge is 0.251 e. The van der Waals surface area contributed by atoms with Crippen molar-refractivity contribution >= 4 is 11.7 Å². The van der Waals surface area contributed by atoms with Gasteiger partial charge in [-0.15, -0.1) is 0 Å². The molecule has 1 fully saturated rings. The highest BCUT2D eigenvalue weighted by Crippen LogP contribution is 2.27. The van der Waals surface area contributed by atoms with Gasteiger partial charge in [-0.1, -0.05) is 0 Å². The third-order valence-electron chi connectivity index (χ3n) is 2.29. The highest BCUT2D eigenvalue weighted by molar-refractivity contribution is 5.90. The van der Waals surface area contributed by atoms with Crippen LogP contribution in [0, 0.1) is 0 Å². The number of aliphatic hydroxyl groups is 1. The topological polar surface area (TPSA) is 87.2 Å². The molecule has 1 amide bonds. The summed E-state index contributed by atoms with van der Waals surface area (Å²) in [5, 5.41) is 17.7. The maximum atomic E-state index is 10.9. The molecular formula is C9H13N3O3. The Kier molecular flexibility index (Phi) is 2.98. The van der Waals surface area contributed by atoms with Gasteiger partial charge in [0.1, 0.15) is 6.61 Å². The van der Waals surface area contributed by atoms with Crippen molar-refractivity contribution in [2.45, 2.75) is 18.9 Å². The van der Waals surface area contributed by atoms with E-state index in [0.717, 1.165) is 25.1 Å². The second-order valence-corrected chi connectivity index (χ2v) is 3.42. The molecule has 3 N–H and O–H groups in total. The zero-order valence-corrected chi connectivity index (χ0v) is 8.19. The normalized spacial score (nSPS) is 20.5. The summed E-state index contributed by atoms with van der Waals surface area (Å²) in [5.41, 5.74) is 0.862. The van der Waals surface area contributed by atoms with Crippen molar-refractivity contribution in [2.24, 2.45) is 0 Å². The van der Waals surface area contributed by atoms with E-state index >= 15 is 0 Å². The number of carbonyl (C=O) groups is 1. The van der Waals surface area contributed by atoms with Gasteiger partial charge in [-0.05, 0) is 12.8 Å². The summed E-state index contributed by atoms with van der Waals surface area (Å²) >= 11 is 0. The molecule has 0 aliphatic carbocycles. The van der Waals surface area contributed by atoms with Crippen molar-refractivity contribution in [1.82, 2.24) is 10.2 Å². The second kappa shape index (κ2) is 4.41. The number of aromatic amines is 1. The lowest BCUT2D eigenvalue weighted by Gasteiger charge is -2.04. The number of hydrogen-bond acceptors (Lipinski definition) is 4. The van der Waals surface area contributed by atoms with E-state index in [1.807, 2.05) is 0 Å². The fourth-order valence-corrected chi connectivity index (χ4v) is 1.57. The zero-order chi connectivity index (χ0) is 10.7. The molecule has 1 aromatic heterocycles. The average molecular weight is 211 g/mol. The number of H-pyrrole nitrogens is 1. The predicted molar refractivity (Wildman–Crippen MR) is 52.2 cm³/mol. The quantitative estimate of drug-likeness (QED) is 0.666. The monoisotopic (exact) mass is 211 g/mol. The minimum absolute atomic E-state index is 0.0530. The second-order valence-electron chi connectivity index (χ2n) is 3.42. The molecule has 1 aliphatic heterocycles. The third kappa shape index (κ3) is 2.34. The number of carbonyl (C=O) groups excluding carboxylic acids is 1. The molecule has 1 unspecified atom stereocenters. The van der Waals surface area contributed by atoms with E-state index in [9.17, 15) is 4.79 Å². The van der Waals surface area contributed by atoms with E-state index in [4.69, 9.17) is 9.84 Å². The predicted octanol–water partition coefficient (Wildman–Crippen LogP) is 0.192. The van der Waals surface area contributed by atoms with E-state index < -0.39 is 12.5 Å². The van der Waals surface area contributed by atoms with Crippen LogP contribution in [-0.2, 0) is 9.53 Å². The largest absolute Gasteiger partial charge is 0.387 e. The van der Waals surface area contributed by atoms with Gasteiger partial charge in [0.05, 0.1) is 11.8 Å². The molecule has 6 nitrogen and oxygen atoms in total. The summed E-state index contributed by atoms with van der Waals surface area (Å²) in [6, 6.07) is 1.73. The Morgan fingerprint density at radius 2 is 2.67 bits per heavy atom. The number of rotatable bonds is 3. The molecule has 2 heterocycles. The highest BCUT2D eigenvalue weighted by Gasteiger charge is 2.20. The first-order chi connectivity index (χ1) is 7.29. The molecule has 1 aliphatic rings. The number of ether oxygens (including phenoxy) is 1. The van der Waals surface area contributed by atoms with Crippen molar-refractivity contribution in [3.63, 3.8) is 0 Å². The zero-order valence-electron chi connectivity index (χ0n) is 8.19. The highest BCUT2D eigenvalue weighted by atomic mass is 16.5. The molecule has 1 atom stereocenters. The lowest BCUT2D eigenvalue weighted by molar-refractivity contribution is -0.118. The van der Waals surface area contributed by atoms with E-state index in [2.05, 4.69) is 15.5 Å². The van der Waals surface area contributed by atoms with Crippen molar-refractivity contribution < 1.29 is 14.6 Å². The Morgan fingerprint density at radius 3 is 3.33 bits per heavy atom. The van der Waals surface area contributed by atoms with Crippen molar-refractivity contribution in [2.75, 3.05) is 18.5 Å². The van der Waals surface area contributed by atoms with Crippen LogP contribution in [-0.4, -0.2) is 34.4 Å². The van der Waals surface area contributed by atoms with Crippen molar-refractivity contribution in [3.8, 4) is 0 Å². The molecule has 15 heavy (non-hydrogen) atoms. The van der Waals surface area contributed by atoms with E-state index in [1.165, 1.54) is 0 Å². The molecule has 2 rings (SSSR count). The van der Waals surface area contributed by atoms with Crippen LogP contribution < -0.4 is 5.32 Å². The van der Waals surface area contributed by atoms with Gasteiger partial charge >= 0.3 is 0 Å². The third-order valence-corrected chi connectivity index (χ3v) is 2.29. The average Bonchev–Trinajstić information content (AvgIpc) is 2.85. The van der Waals surface area contributed by atoms with Crippen LogP contribution in [0.1, 0.15) is 24.6 Å². The number of aliphatic hydroxyl groups excluding tert-OH is 1. The molecule has 6 heteroatoms. The maximum Gasteiger partial charge on any atom is 0.251 e. The van der Waals surface area contributed by atoms with Gasteiger partial charge in [0.25, 0.3) is 5.91 Å². The van der Waals surface area contributed by atoms with Crippen molar-refractivity contribution in [1.29, 1.82) is 0 Å². The van der Waals surface area contributed by atoms with Gasteiger partial charge in [0.2, 0.25) is 0 Å². The van der Waals surface area contributed by atoms with E-state index in [1.54, 1.807) is 6.07 Å². The van der Waals surface area contributed by atoms with Gasteiger partial charge in [-0.3, -0.25) is 9.89 Å². The van der Waals surface area contributed by atoms with Crippen molar-refractivity contribution in [3.05, 3.63) is 11.8 Å². The van der Waals surface area contributed by atoms with Gasteiger partial charge in [-0.2, -0.15) is 5.10 Å². The van der Waals surface area contributed by atoms with E-state index in [0.29, 0.717) is 5.82 Å². The lowest BCUT2D eigenvalue weighted by Crippen LogP contribution is -2.15. The van der Waals surface area contributed by atoms with Gasteiger partial charge in [-0.25, -0.2) is 0 Å². The van der Waals surface area contributed by atoms with Crippen LogP contribution in [0.15, 0.2) is 6.07 Å². The van der Waals surface area contributed by atoms with Crippen LogP contribution in [0.3, 0.4) is 0 Å². The van der Waals surface area contributed by atoms with Crippen LogP contribution in [0.4, 0.5) is 5.82 Å². The fourth-order valence-electron chi connectivity index (χ4n) is 1.57. The van der Waals surface area contributed by atoms with Gasteiger partial charge < -0.3 is 15.2 Å². The SMILES string of the molecule is O=C(CO)Nc1cc(C2CCCO2)[nH]n1. The number of hydrogen-bond donors (Lipinski definition) is 3. The first-order valence-corrected chi connectivity index (χ1v) is 4.87. The van der Waals surface area contributed by atoms with Gasteiger partial charge in [0, 0.05) is 12.7 Å². The molecular weight excluding hydrogens is 198 g/mol. The lowest BCUT2D eigenvalue weighted by atomic mass is 10.2. The van der Waals surface area contributed by atoms with Crippen LogP contribution in [0.25, 0.3) is 0 Å². The first-order valence-electron chi connectivity index (χ1n) is 4.87. The van der Waals surface area contributed by atoms with Crippen LogP contribution >= 0.6 is 0 Å². The molecule has 82 valence electrons. The Bertz CT molecular complexity index is 344. The number of nitrogens with one attached hydrogen (secondary N) is 2. The number of anilines is 1. The number of amides is 1.